The largest absolute Gasteiger partial charge is 0.496 e. The first-order valence-electron chi connectivity index (χ1n) is 11.1. The average molecular weight is 429 g/mol. The predicted octanol–water partition coefficient (Wildman–Crippen LogP) is 4.07. The Morgan fingerprint density at radius 3 is 2.59 bits per heavy atom. The van der Waals surface area contributed by atoms with Gasteiger partial charge in [0.25, 0.3) is 5.91 Å². The van der Waals surface area contributed by atoms with Crippen LogP contribution in [0.4, 0.5) is 0 Å². The predicted molar refractivity (Wildman–Crippen MR) is 125 cm³/mol. The first kappa shape index (κ1) is 20.4. The van der Waals surface area contributed by atoms with Crippen molar-refractivity contribution in [2.75, 3.05) is 26.7 Å². The van der Waals surface area contributed by atoms with Gasteiger partial charge in [-0.2, -0.15) is 0 Å². The van der Waals surface area contributed by atoms with Crippen molar-refractivity contribution in [2.24, 2.45) is 0 Å². The lowest BCUT2D eigenvalue weighted by molar-refractivity contribution is 0.0618. The molecule has 0 spiro atoms. The number of rotatable bonds is 4. The van der Waals surface area contributed by atoms with Crippen molar-refractivity contribution in [1.29, 1.82) is 0 Å². The zero-order chi connectivity index (χ0) is 22.2. The highest BCUT2D eigenvalue weighted by atomic mass is 16.5. The second kappa shape index (κ2) is 8.19. The van der Waals surface area contributed by atoms with Crippen LogP contribution in [-0.2, 0) is 0 Å². The van der Waals surface area contributed by atoms with E-state index < -0.39 is 0 Å². The van der Waals surface area contributed by atoms with Crippen LogP contribution in [0, 0.1) is 13.8 Å². The van der Waals surface area contributed by atoms with Crippen LogP contribution < -0.4 is 4.74 Å². The van der Waals surface area contributed by atoms with Gasteiger partial charge in [-0.15, -0.1) is 0 Å². The number of pyridine rings is 1. The number of hydrogen-bond acceptors (Lipinski definition) is 4. The van der Waals surface area contributed by atoms with E-state index in [-0.39, 0.29) is 5.91 Å². The fourth-order valence-corrected chi connectivity index (χ4v) is 4.82. The molecule has 0 N–H and O–H groups in total. The lowest BCUT2D eigenvalue weighted by Gasteiger charge is -2.40. The van der Waals surface area contributed by atoms with Gasteiger partial charge in [0.05, 0.1) is 18.7 Å². The fourth-order valence-electron chi connectivity index (χ4n) is 4.82. The number of ether oxygens (including phenoxy) is 1. The Bertz CT molecular complexity index is 1170. The van der Waals surface area contributed by atoms with E-state index in [2.05, 4.69) is 41.9 Å². The minimum absolute atomic E-state index is 0.0566. The molecule has 1 saturated heterocycles. The molecule has 2 aliphatic heterocycles. The first-order valence-corrected chi connectivity index (χ1v) is 11.1. The average Bonchev–Trinajstić information content (AvgIpc) is 3.50. The molecule has 2 aliphatic rings. The van der Waals surface area contributed by atoms with Gasteiger partial charge >= 0.3 is 0 Å². The molecule has 6 heteroatoms. The smallest absolute Gasteiger partial charge is 0.255 e. The Morgan fingerprint density at radius 2 is 1.88 bits per heavy atom. The third-order valence-electron chi connectivity index (χ3n) is 6.76. The molecule has 2 aromatic heterocycles. The van der Waals surface area contributed by atoms with E-state index in [1.807, 2.05) is 46.1 Å². The number of piperazine rings is 1. The zero-order valence-electron chi connectivity index (χ0n) is 18.8. The summed E-state index contributed by atoms with van der Waals surface area (Å²) >= 11 is 0. The van der Waals surface area contributed by atoms with E-state index in [4.69, 9.17) is 4.74 Å². The normalized spacial score (nSPS) is 17.8. The first-order chi connectivity index (χ1) is 15.6. The van der Waals surface area contributed by atoms with Crippen LogP contribution in [0.3, 0.4) is 0 Å². The third-order valence-corrected chi connectivity index (χ3v) is 6.76. The molecule has 1 unspecified atom stereocenters. The second-order valence-electron chi connectivity index (χ2n) is 8.48. The van der Waals surface area contributed by atoms with Crippen LogP contribution in [0.5, 0.6) is 5.75 Å². The summed E-state index contributed by atoms with van der Waals surface area (Å²) in [5.41, 5.74) is 5.61. The van der Waals surface area contributed by atoms with Crippen molar-refractivity contribution in [3.05, 3.63) is 83.3 Å². The maximum atomic E-state index is 13.1. The highest BCUT2D eigenvalue weighted by molar-refractivity contribution is 5.94. The molecule has 1 atom stereocenters. The van der Waals surface area contributed by atoms with Crippen LogP contribution in [-0.4, -0.2) is 58.0 Å². The zero-order valence-corrected chi connectivity index (χ0v) is 18.8. The Labute approximate surface area is 188 Å². The van der Waals surface area contributed by atoms with Gasteiger partial charge in [0.15, 0.2) is 0 Å². The summed E-state index contributed by atoms with van der Waals surface area (Å²) in [6.07, 6.45) is 8.85. The summed E-state index contributed by atoms with van der Waals surface area (Å²) in [5.74, 6) is 1.79. The van der Waals surface area contributed by atoms with Gasteiger partial charge in [0, 0.05) is 49.5 Å². The molecule has 3 aromatic rings. The van der Waals surface area contributed by atoms with Crippen molar-refractivity contribution in [3.8, 4) is 11.6 Å². The minimum atomic E-state index is 0.0566. The monoisotopic (exact) mass is 428 g/mol. The molecule has 0 saturated carbocycles. The lowest BCUT2D eigenvalue weighted by atomic mass is 9.99. The minimum Gasteiger partial charge on any atom is -0.496 e. The van der Waals surface area contributed by atoms with Crippen molar-refractivity contribution >= 4 is 11.6 Å². The van der Waals surface area contributed by atoms with E-state index in [9.17, 15) is 4.79 Å². The molecule has 32 heavy (non-hydrogen) atoms. The van der Waals surface area contributed by atoms with Crippen molar-refractivity contribution in [1.82, 2.24) is 19.4 Å². The second-order valence-corrected chi connectivity index (χ2v) is 8.48. The molecule has 1 fully saturated rings. The van der Waals surface area contributed by atoms with Gasteiger partial charge in [-0.25, -0.2) is 4.98 Å². The molecule has 0 aliphatic carbocycles. The molecule has 164 valence electrons. The fraction of sp³-hybridized carbons (Fsp3) is 0.308. The lowest BCUT2D eigenvalue weighted by Crippen LogP contribution is -2.52. The molecule has 1 aromatic carbocycles. The summed E-state index contributed by atoms with van der Waals surface area (Å²) in [4.78, 5) is 22.0. The van der Waals surface area contributed by atoms with Gasteiger partial charge < -0.3 is 19.1 Å². The highest BCUT2D eigenvalue weighted by Gasteiger charge is 2.35. The number of amides is 1. The summed E-state index contributed by atoms with van der Waals surface area (Å²) < 4.78 is 7.41. The molecule has 1 amide bonds. The van der Waals surface area contributed by atoms with Gasteiger partial charge in [0.2, 0.25) is 0 Å². The summed E-state index contributed by atoms with van der Waals surface area (Å²) in [6, 6.07) is 12.2. The Kier molecular flexibility index (Phi) is 5.21. The quantitative estimate of drug-likeness (QED) is 0.629. The summed E-state index contributed by atoms with van der Waals surface area (Å²) in [7, 11) is 1.71. The number of nitrogens with zero attached hydrogens (tertiary/aromatic N) is 4. The molecular formula is C26H28N4O2. The molecule has 5 rings (SSSR count). The Morgan fingerprint density at radius 1 is 1.06 bits per heavy atom. The molecule has 6 nitrogen and oxygen atoms in total. The highest BCUT2D eigenvalue weighted by Crippen LogP contribution is 2.36. The number of carbonyl (C=O) groups excluding carboxylic acids is 1. The maximum Gasteiger partial charge on any atom is 0.255 e. The third kappa shape index (κ3) is 3.45. The maximum absolute atomic E-state index is 13.1. The number of methoxy groups -OCH3 is 1. The van der Waals surface area contributed by atoms with Gasteiger partial charge in [0.1, 0.15) is 11.6 Å². The van der Waals surface area contributed by atoms with E-state index in [0.29, 0.717) is 18.2 Å². The number of hydrogen-bond donors (Lipinski definition) is 0. The van der Waals surface area contributed by atoms with Gasteiger partial charge in [-0.3, -0.25) is 4.79 Å². The Hall–Kier alpha value is -3.54. The standard InChI is InChI=1S/C26H28N4O2/c1-18-19(2)24(32-3)10-8-22(18)23-9-7-21-17-29(14-15-30(21)23)26(31)20-6-11-25(27-16-20)28-12-4-5-13-28/h4-6,8-13,16,21H,7,14-15,17H2,1-3H3. The van der Waals surface area contributed by atoms with Gasteiger partial charge in [-0.05, 0) is 67.8 Å². The summed E-state index contributed by atoms with van der Waals surface area (Å²) in [5, 5.41) is 0. The van der Waals surface area contributed by atoms with Crippen LogP contribution in [0.15, 0.2) is 61.1 Å². The van der Waals surface area contributed by atoms with Gasteiger partial charge in [-0.1, -0.05) is 6.08 Å². The van der Waals surface area contributed by atoms with Crippen LogP contribution in [0.25, 0.3) is 11.5 Å². The van der Waals surface area contributed by atoms with Crippen molar-refractivity contribution in [2.45, 2.75) is 26.3 Å². The SMILES string of the molecule is COc1ccc(C2=CCC3CN(C(=O)c4ccc(-n5cccc5)nc4)CCN23)c(C)c1C. The van der Waals surface area contributed by atoms with E-state index in [1.165, 1.54) is 22.4 Å². The van der Waals surface area contributed by atoms with Crippen LogP contribution >= 0.6 is 0 Å². The number of aromatic nitrogens is 2. The molecule has 4 heterocycles. The van der Waals surface area contributed by atoms with Crippen molar-refractivity contribution in [3.63, 3.8) is 0 Å². The summed E-state index contributed by atoms with van der Waals surface area (Å²) in [6.45, 7) is 6.54. The van der Waals surface area contributed by atoms with E-state index in [0.717, 1.165) is 31.1 Å². The molecule has 0 radical (unpaired) electrons. The molecule has 0 bridgehead atoms. The van der Waals surface area contributed by atoms with E-state index in [1.54, 1.807) is 13.3 Å². The Balaban J connectivity index is 1.29. The number of carbonyl (C=O) groups is 1. The number of fused-ring (bicyclic) bond motifs is 1. The van der Waals surface area contributed by atoms with E-state index >= 15 is 0 Å². The van der Waals surface area contributed by atoms with Crippen LogP contribution in [0.1, 0.15) is 33.5 Å². The van der Waals surface area contributed by atoms with Crippen molar-refractivity contribution < 1.29 is 9.53 Å². The molecular weight excluding hydrogens is 400 g/mol. The number of benzene rings is 1. The van der Waals surface area contributed by atoms with Crippen LogP contribution in [0.2, 0.25) is 0 Å². The topological polar surface area (TPSA) is 50.6 Å².